The van der Waals surface area contributed by atoms with Gasteiger partial charge in [0, 0.05) is 18.8 Å². The maximum absolute atomic E-state index is 11.4. The third-order valence-electron chi connectivity index (χ3n) is 2.04. The van der Waals surface area contributed by atoms with E-state index in [2.05, 4.69) is 5.32 Å². The molecule has 0 atom stereocenters. The fourth-order valence-electron chi connectivity index (χ4n) is 1.36. The van der Waals surface area contributed by atoms with Gasteiger partial charge in [-0.05, 0) is 12.5 Å². The van der Waals surface area contributed by atoms with Crippen molar-refractivity contribution >= 4 is 17.6 Å². The van der Waals surface area contributed by atoms with Crippen molar-refractivity contribution in [3.05, 3.63) is 28.7 Å². The lowest BCUT2D eigenvalue weighted by molar-refractivity contribution is -0.139. The van der Waals surface area contributed by atoms with E-state index in [0.29, 0.717) is 12.2 Å². The van der Waals surface area contributed by atoms with Gasteiger partial charge in [0.2, 0.25) is 5.91 Å². The molecule has 0 spiro atoms. The Labute approximate surface area is 97.9 Å². The van der Waals surface area contributed by atoms with Gasteiger partial charge in [-0.15, -0.1) is 0 Å². The molecule has 2 N–H and O–H groups in total. The van der Waals surface area contributed by atoms with Crippen molar-refractivity contribution < 1.29 is 14.7 Å². The molecule has 1 heterocycles. The van der Waals surface area contributed by atoms with Gasteiger partial charge in [-0.25, -0.2) is 0 Å². The first-order chi connectivity index (χ1) is 8.02. The van der Waals surface area contributed by atoms with E-state index >= 15 is 0 Å². The normalized spacial score (nSPS) is 9.94. The highest BCUT2D eigenvalue weighted by atomic mass is 16.4. The molecule has 0 aliphatic rings. The molecule has 17 heavy (non-hydrogen) atoms. The maximum Gasteiger partial charge on any atom is 0.312 e. The summed E-state index contributed by atoms with van der Waals surface area (Å²) in [5.74, 6) is -1.80. The summed E-state index contributed by atoms with van der Waals surface area (Å²) in [5.41, 5.74) is 0.271. The molecule has 0 saturated heterocycles. The zero-order valence-corrected chi connectivity index (χ0v) is 9.47. The van der Waals surface area contributed by atoms with Crippen molar-refractivity contribution in [1.82, 2.24) is 4.57 Å². The number of carboxylic acids is 1. The maximum atomic E-state index is 11.4. The molecule has 0 radical (unpaired) electrons. The number of hydrogen-bond donors (Lipinski definition) is 2. The standard InChI is InChI=1S/C11H14N2O4/c1-2-5-13-7-8(3-4-10(13)15)12-9(14)6-11(16)17/h3-4,7H,2,5-6H2,1H3,(H,12,14)(H,16,17). The van der Waals surface area contributed by atoms with Crippen LogP contribution in [-0.2, 0) is 16.1 Å². The van der Waals surface area contributed by atoms with Crippen LogP contribution in [0.3, 0.4) is 0 Å². The highest BCUT2D eigenvalue weighted by molar-refractivity contribution is 6.01. The molecule has 0 saturated carbocycles. The number of aliphatic carboxylic acids is 1. The van der Waals surface area contributed by atoms with E-state index in [1.165, 1.54) is 22.9 Å². The van der Waals surface area contributed by atoms with Crippen LogP contribution in [0.25, 0.3) is 0 Å². The highest BCUT2D eigenvalue weighted by Crippen LogP contribution is 2.04. The number of aryl methyl sites for hydroxylation is 1. The lowest BCUT2D eigenvalue weighted by atomic mass is 10.3. The smallest absolute Gasteiger partial charge is 0.312 e. The van der Waals surface area contributed by atoms with Crippen LogP contribution in [0, 0.1) is 0 Å². The van der Waals surface area contributed by atoms with E-state index in [1.807, 2.05) is 6.92 Å². The average Bonchev–Trinajstić information content (AvgIpc) is 2.22. The van der Waals surface area contributed by atoms with E-state index in [1.54, 1.807) is 0 Å². The Balaban J connectivity index is 2.78. The van der Waals surface area contributed by atoms with Gasteiger partial charge in [0.05, 0.1) is 5.69 Å². The van der Waals surface area contributed by atoms with E-state index in [-0.39, 0.29) is 5.56 Å². The number of rotatable bonds is 5. The van der Waals surface area contributed by atoms with Crippen LogP contribution < -0.4 is 10.9 Å². The monoisotopic (exact) mass is 238 g/mol. The Morgan fingerprint density at radius 3 is 2.71 bits per heavy atom. The van der Waals surface area contributed by atoms with Gasteiger partial charge in [0.25, 0.3) is 5.56 Å². The van der Waals surface area contributed by atoms with Gasteiger partial charge in [-0.3, -0.25) is 14.4 Å². The van der Waals surface area contributed by atoms with Crippen LogP contribution >= 0.6 is 0 Å². The Kier molecular flexibility index (Phi) is 4.45. The fraction of sp³-hybridized carbons (Fsp3) is 0.364. The van der Waals surface area contributed by atoms with Crippen molar-refractivity contribution in [1.29, 1.82) is 0 Å². The Bertz CT molecular complexity index is 479. The number of anilines is 1. The third kappa shape index (κ3) is 4.10. The van der Waals surface area contributed by atoms with E-state index in [9.17, 15) is 14.4 Å². The third-order valence-corrected chi connectivity index (χ3v) is 2.04. The van der Waals surface area contributed by atoms with Gasteiger partial charge in [-0.1, -0.05) is 6.92 Å². The van der Waals surface area contributed by atoms with E-state index in [4.69, 9.17) is 5.11 Å². The lowest BCUT2D eigenvalue weighted by Crippen LogP contribution is -2.21. The second-order valence-electron chi connectivity index (χ2n) is 3.57. The second-order valence-corrected chi connectivity index (χ2v) is 3.57. The van der Waals surface area contributed by atoms with Crippen LogP contribution in [0.5, 0.6) is 0 Å². The molecule has 6 nitrogen and oxygen atoms in total. The van der Waals surface area contributed by atoms with Gasteiger partial charge in [-0.2, -0.15) is 0 Å². The van der Waals surface area contributed by atoms with Gasteiger partial charge >= 0.3 is 5.97 Å². The lowest BCUT2D eigenvalue weighted by Gasteiger charge is -2.07. The topological polar surface area (TPSA) is 88.4 Å². The first kappa shape index (κ1) is 13.0. The van der Waals surface area contributed by atoms with Gasteiger partial charge in [0.15, 0.2) is 0 Å². The highest BCUT2D eigenvalue weighted by Gasteiger charge is 2.08. The van der Waals surface area contributed by atoms with Crippen molar-refractivity contribution in [2.45, 2.75) is 26.3 Å². The molecule has 0 aromatic carbocycles. The van der Waals surface area contributed by atoms with Crippen molar-refractivity contribution in [2.24, 2.45) is 0 Å². The van der Waals surface area contributed by atoms with Gasteiger partial charge < -0.3 is 15.0 Å². The van der Waals surface area contributed by atoms with E-state index < -0.39 is 18.3 Å². The Hall–Kier alpha value is -2.11. The molecule has 6 heteroatoms. The van der Waals surface area contributed by atoms with Crippen molar-refractivity contribution in [2.75, 3.05) is 5.32 Å². The predicted octanol–water partition coefficient (Wildman–Crippen LogP) is 0.671. The zero-order chi connectivity index (χ0) is 12.8. The number of pyridine rings is 1. The largest absolute Gasteiger partial charge is 0.481 e. The first-order valence-electron chi connectivity index (χ1n) is 5.25. The second kappa shape index (κ2) is 5.83. The van der Waals surface area contributed by atoms with Crippen molar-refractivity contribution in [3.8, 4) is 0 Å². The Morgan fingerprint density at radius 1 is 1.41 bits per heavy atom. The minimum Gasteiger partial charge on any atom is -0.481 e. The number of nitrogens with zero attached hydrogens (tertiary/aromatic N) is 1. The number of carbonyl (C=O) groups excluding carboxylic acids is 1. The summed E-state index contributed by atoms with van der Waals surface area (Å²) in [6.45, 7) is 2.49. The minimum absolute atomic E-state index is 0.150. The van der Waals surface area contributed by atoms with Crippen LogP contribution in [0.15, 0.2) is 23.1 Å². The number of aromatic nitrogens is 1. The average molecular weight is 238 g/mol. The number of carboxylic acid groups (broad SMARTS) is 1. The summed E-state index contributed by atoms with van der Waals surface area (Å²) in [6, 6.07) is 2.79. The molecule has 0 fully saturated rings. The number of hydrogen-bond acceptors (Lipinski definition) is 3. The quantitative estimate of drug-likeness (QED) is 0.738. The summed E-state index contributed by atoms with van der Waals surface area (Å²) in [4.78, 5) is 32.9. The summed E-state index contributed by atoms with van der Waals surface area (Å²) in [5, 5.41) is 10.8. The first-order valence-corrected chi connectivity index (χ1v) is 5.25. The summed E-state index contributed by atoms with van der Waals surface area (Å²) >= 11 is 0. The molecule has 1 aromatic heterocycles. The van der Waals surface area contributed by atoms with E-state index in [0.717, 1.165) is 6.42 Å². The molecule has 0 aliphatic heterocycles. The van der Waals surface area contributed by atoms with Crippen LogP contribution in [0.4, 0.5) is 5.69 Å². The number of amides is 1. The molecule has 1 amide bonds. The fourth-order valence-corrected chi connectivity index (χ4v) is 1.36. The molecule has 92 valence electrons. The van der Waals surface area contributed by atoms with Crippen LogP contribution in [0.1, 0.15) is 19.8 Å². The Morgan fingerprint density at radius 2 is 2.12 bits per heavy atom. The molecule has 0 unspecified atom stereocenters. The molecular formula is C11H14N2O4. The summed E-state index contributed by atoms with van der Waals surface area (Å²) in [6.07, 6.45) is 1.71. The number of carbonyl (C=O) groups is 2. The van der Waals surface area contributed by atoms with Crippen molar-refractivity contribution in [3.63, 3.8) is 0 Å². The minimum atomic E-state index is -1.19. The molecule has 0 aliphatic carbocycles. The number of nitrogens with one attached hydrogen (secondary N) is 1. The summed E-state index contributed by atoms with van der Waals surface area (Å²) in [7, 11) is 0. The molecular weight excluding hydrogens is 224 g/mol. The molecule has 1 rings (SSSR count). The summed E-state index contributed by atoms with van der Waals surface area (Å²) < 4.78 is 1.47. The molecule has 0 bridgehead atoms. The zero-order valence-electron chi connectivity index (χ0n) is 9.47. The van der Waals surface area contributed by atoms with Crippen LogP contribution in [0.2, 0.25) is 0 Å². The van der Waals surface area contributed by atoms with Crippen LogP contribution in [-0.4, -0.2) is 21.6 Å². The predicted molar refractivity (Wildman–Crippen MR) is 61.9 cm³/mol. The molecule has 1 aromatic rings. The van der Waals surface area contributed by atoms with Gasteiger partial charge in [0.1, 0.15) is 6.42 Å². The SMILES string of the molecule is CCCn1cc(NC(=O)CC(=O)O)ccc1=O.